The van der Waals surface area contributed by atoms with Crippen LogP contribution in [0.1, 0.15) is 41.3 Å². The molecule has 31 heavy (non-hydrogen) atoms. The second-order valence-corrected chi connectivity index (χ2v) is 8.20. The lowest BCUT2D eigenvalue weighted by Gasteiger charge is -2.38. The van der Waals surface area contributed by atoms with E-state index in [1.807, 2.05) is 24.3 Å². The Balaban J connectivity index is 1.68. The first-order chi connectivity index (χ1) is 15.0. The summed E-state index contributed by atoms with van der Waals surface area (Å²) in [6.45, 7) is 5.78. The molecule has 6 nitrogen and oxygen atoms in total. The number of benzene rings is 2. The SMILES string of the molecule is CCNC(=NCc1ccc(C(=O)N(C)C)cc1)NCC1(c2ccccc2)CCOCC1. The molecule has 1 aliphatic rings. The largest absolute Gasteiger partial charge is 0.381 e. The number of nitrogens with zero attached hydrogens (tertiary/aromatic N) is 2. The van der Waals surface area contributed by atoms with E-state index < -0.39 is 0 Å². The van der Waals surface area contributed by atoms with Gasteiger partial charge in [0.05, 0.1) is 6.54 Å². The summed E-state index contributed by atoms with van der Waals surface area (Å²) in [5.74, 6) is 0.811. The lowest BCUT2D eigenvalue weighted by molar-refractivity contribution is 0.0514. The molecular formula is C25H34N4O2. The lowest BCUT2D eigenvalue weighted by atomic mass is 9.74. The van der Waals surface area contributed by atoms with E-state index in [0.717, 1.165) is 50.7 Å². The van der Waals surface area contributed by atoms with E-state index in [0.29, 0.717) is 12.1 Å². The van der Waals surface area contributed by atoms with Gasteiger partial charge < -0.3 is 20.3 Å². The van der Waals surface area contributed by atoms with E-state index in [-0.39, 0.29) is 11.3 Å². The Morgan fingerprint density at radius 3 is 2.32 bits per heavy atom. The fourth-order valence-electron chi connectivity index (χ4n) is 3.90. The first-order valence-electron chi connectivity index (χ1n) is 11.0. The fourth-order valence-corrected chi connectivity index (χ4v) is 3.90. The number of guanidine groups is 1. The van der Waals surface area contributed by atoms with Crippen molar-refractivity contribution in [3.63, 3.8) is 0 Å². The van der Waals surface area contributed by atoms with Crippen molar-refractivity contribution in [1.82, 2.24) is 15.5 Å². The summed E-state index contributed by atoms with van der Waals surface area (Å²) < 4.78 is 5.65. The first-order valence-corrected chi connectivity index (χ1v) is 11.0. The molecule has 1 fully saturated rings. The van der Waals surface area contributed by atoms with Gasteiger partial charge in [0.2, 0.25) is 0 Å². The van der Waals surface area contributed by atoms with E-state index in [9.17, 15) is 4.79 Å². The monoisotopic (exact) mass is 422 g/mol. The maximum absolute atomic E-state index is 12.1. The van der Waals surface area contributed by atoms with E-state index in [1.165, 1.54) is 5.56 Å². The summed E-state index contributed by atoms with van der Waals surface area (Å²) in [5.41, 5.74) is 3.15. The molecule has 1 heterocycles. The van der Waals surface area contributed by atoms with E-state index in [2.05, 4.69) is 47.9 Å². The number of amides is 1. The van der Waals surface area contributed by atoms with Crippen molar-refractivity contribution >= 4 is 11.9 Å². The molecule has 1 saturated heterocycles. The highest BCUT2D eigenvalue weighted by molar-refractivity contribution is 5.93. The molecule has 0 unspecified atom stereocenters. The average molecular weight is 423 g/mol. The van der Waals surface area contributed by atoms with Gasteiger partial charge in [0, 0.05) is 51.4 Å². The Hall–Kier alpha value is -2.86. The molecule has 0 bridgehead atoms. The number of ether oxygens (including phenoxy) is 1. The van der Waals surface area contributed by atoms with E-state index in [1.54, 1.807) is 19.0 Å². The molecule has 166 valence electrons. The third kappa shape index (κ3) is 6.07. The van der Waals surface area contributed by atoms with Crippen molar-refractivity contribution in [2.24, 2.45) is 4.99 Å². The summed E-state index contributed by atoms with van der Waals surface area (Å²) in [6, 6.07) is 18.4. The summed E-state index contributed by atoms with van der Waals surface area (Å²) in [7, 11) is 3.52. The van der Waals surface area contributed by atoms with Crippen LogP contribution in [0.3, 0.4) is 0 Å². The fraction of sp³-hybridized carbons (Fsp3) is 0.440. The quantitative estimate of drug-likeness (QED) is 0.531. The van der Waals surface area contributed by atoms with Crippen LogP contribution in [0.2, 0.25) is 0 Å². The van der Waals surface area contributed by atoms with Gasteiger partial charge in [-0.15, -0.1) is 0 Å². The van der Waals surface area contributed by atoms with Crippen LogP contribution in [0.25, 0.3) is 0 Å². The number of rotatable bonds is 7. The topological polar surface area (TPSA) is 66.0 Å². The molecule has 1 aliphatic heterocycles. The molecule has 0 aromatic heterocycles. The van der Waals surface area contributed by atoms with E-state index >= 15 is 0 Å². The number of carbonyl (C=O) groups is 1. The van der Waals surface area contributed by atoms with Gasteiger partial charge in [0.1, 0.15) is 0 Å². The van der Waals surface area contributed by atoms with Crippen molar-refractivity contribution in [2.45, 2.75) is 31.7 Å². The molecule has 0 aliphatic carbocycles. The lowest BCUT2D eigenvalue weighted by Crippen LogP contribution is -2.48. The molecule has 3 rings (SSSR count). The van der Waals surface area contributed by atoms with Gasteiger partial charge in [0.15, 0.2) is 5.96 Å². The van der Waals surface area contributed by atoms with Gasteiger partial charge in [-0.1, -0.05) is 42.5 Å². The number of aliphatic imine (C=N–C) groups is 1. The van der Waals surface area contributed by atoms with Gasteiger partial charge >= 0.3 is 0 Å². The summed E-state index contributed by atoms with van der Waals surface area (Å²) in [6.07, 6.45) is 1.98. The van der Waals surface area contributed by atoms with Crippen molar-refractivity contribution in [3.8, 4) is 0 Å². The first kappa shape index (κ1) is 22.8. The Kier molecular flexibility index (Phi) is 8.06. The summed E-state index contributed by atoms with van der Waals surface area (Å²) in [4.78, 5) is 18.4. The zero-order chi connectivity index (χ0) is 22.1. The molecule has 0 radical (unpaired) electrons. The minimum Gasteiger partial charge on any atom is -0.381 e. The van der Waals surface area contributed by atoms with Crippen LogP contribution in [0.4, 0.5) is 0 Å². The molecule has 0 saturated carbocycles. The number of hydrogen-bond acceptors (Lipinski definition) is 3. The van der Waals surface area contributed by atoms with Crippen molar-refractivity contribution in [2.75, 3.05) is 40.4 Å². The van der Waals surface area contributed by atoms with Gasteiger partial charge in [-0.25, -0.2) is 4.99 Å². The number of nitrogens with one attached hydrogen (secondary N) is 2. The minimum atomic E-state index is 0.00716. The maximum Gasteiger partial charge on any atom is 0.253 e. The Morgan fingerprint density at radius 1 is 1.03 bits per heavy atom. The Morgan fingerprint density at radius 2 is 1.71 bits per heavy atom. The number of hydrogen-bond donors (Lipinski definition) is 2. The maximum atomic E-state index is 12.1. The third-order valence-corrected chi connectivity index (χ3v) is 5.80. The smallest absolute Gasteiger partial charge is 0.253 e. The zero-order valence-electron chi connectivity index (χ0n) is 18.9. The molecule has 0 spiro atoms. The van der Waals surface area contributed by atoms with Crippen LogP contribution in [0, 0.1) is 0 Å². The molecule has 1 amide bonds. The Labute approximate surface area is 185 Å². The van der Waals surface area contributed by atoms with Crippen molar-refractivity contribution < 1.29 is 9.53 Å². The third-order valence-electron chi connectivity index (χ3n) is 5.80. The van der Waals surface area contributed by atoms with Gasteiger partial charge in [0.25, 0.3) is 5.91 Å². The predicted octanol–water partition coefficient (Wildman–Crippen LogP) is 3.19. The minimum absolute atomic E-state index is 0.00716. The average Bonchev–Trinajstić information content (AvgIpc) is 2.82. The highest BCUT2D eigenvalue weighted by Gasteiger charge is 2.34. The number of carbonyl (C=O) groups excluding carboxylic acids is 1. The van der Waals surface area contributed by atoms with Crippen LogP contribution in [0.15, 0.2) is 59.6 Å². The molecule has 2 aromatic carbocycles. The second kappa shape index (κ2) is 11.0. The predicted molar refractivity (Wildman–Crippen MR) is 125 cm³/mol. The molecule has 6 heteroatoms. The normalized spacial score (nSPS) is 15.9. The summed E-state index contributed by atoms with van der Waals surface area (Å²) >= 11 is 0. The standard InChI is InChI=1S/C25H34N4O2/c1-4-26-24(27-18-20-10-12-21(13-11-20)23(30)29(2)3)28-19-25(14-16-31-17-15-25)22-8-6-5-7-9-22/h5-13H,4,14-19H2,1-3H3,(H2,26,27,28). The van der Waals surface area contributed by atoms with Crippen LogP contribution in [-0.2, 0) is 16.7 Å². The van der Waals surface area contributed by atoms with Crippen LogP contribution in [-0.4, -0.2) is 57.2 Å². The second-order valence-electron chi connectivity index (χ2n) is 8.20. The highest BCUT2D eigenvalue weighted by Crippen LogP contribution is 2.34. The van der Waals surface area contributed by atoms with Gasteiger partial charge in [-0.2, -0.15) is 0 Å². The molecule has 2 aromatic rings. The van der Waals surface area contributed by atoms with Crippen molar-refractivity contribution in [3.05, 3.63) is 71.3 Å². The molecule has 0 atom stereocenters. The van der Waals surface area contributed by atoms with Crippen LogP contribution < -0.4 is 10.6 Å². The van der Waals surface area contributed by atoms with Crippen LogP contribution >= 0.6 is 0 Å². The molecule has 2 N–H and O–H groups in total. The van der Waals surface area contributed by atoms with Crippen LogP contribution in [0.5, 0.6) is 0 Å². The zero-order valence-corrected chi connectivity index (χ0v) is 18.9. The highest BCUT2D eigenvalue weighted by atomic mass is 16.5. The van der Waals surface area contributed by atoms with Crippen molar-refractivity contribution in [1.29, 1.82) is 0 Å². The Bertz CT molecular complexity index is 857. The van der Waals surface area contributed by atoms with E-state index in [4.69, 9.17) is 9.73 Å². The van der Waals surface area contributed by atoms with Gasteiger partial charge in [-0.3, -0.25) is 4.79 Å². The van der Waals surface area contributed by atoms with Gasteiger partial charge in [-0.05, 0) is 43.0 Å². The molecular weight excluding hydrogens is 388 g/mol. The summed E-state index contributed by atoms with van der Waals surface area (Å²) in [5, 5.41) is 6.92.